The molecule has 0 bridgehead atoms. The average Bonchev–Trinajstić information content (AvgIpc) is 3.02. The Morgan fingerprint density at radius 2 is 2.00 bits per heavy atom. The van der Waals surface area contributed by atoms with Crippen LogP contribution in [-0.4, -0.2) is 14.9 Å². The maximum absolute atomic E-state index is 6.02. The number of nitrogen functional groups attached to an aromatic ring is 1. The van der Waals surface area contributed by atoms with Crippen LogP contribution < -0.4 is 5.73 Å². The highest BCUT2D eigenvalue weighted by atomic mass is 16.5. The lowest BCUT2D eigenvalue weighted by Crippen LogP contribution is -1.91. The lowest BCUT2D eigenvalue weighted by molar-refractivity contribution is 0.439. The summed E-state index contributed by atoms with van der Waals surface area (Å²) in [4.78, 5) is 0. The smallest absolute Gasteiger partial charge is 0.230 e. The van der Waals surface area contributed by atoms with Crippen LogP contribution in [0.25, 0.3) is 22.4 Å². The molecule has 0 aliphatic rings. The Hall–Kier alpha value is -2.56. The van der Waals surface area contributed by atoms with Gasteiger partial charge >= 0.3 is 0 Å². The zero-order chi connectivity index (χ0) is 15.0. The molecule has 0 saturated carbocycles. The van der Waals surface area contributed by atoms with Crippen LogP contribution in [0, 0.1) is 6.92 Å². The first-order valence-corrected chi connectivity index (χ1v) is 6.95. The Bertz CT molecular complexity index is 785. The molecule has 3 rings (SSSR count). The third-order valence-electron chi connectivity index (χ3n) is 3.63. The second-order valence-corrected chi connectivity index (χ2v) is 5.10. The summed E-state index contributed by atoms with van der Waals surface area (Å²) < 4.78 is 7.05. The van der Waals surface area contributed by atoms with E-state index in [9.17, 15) is 0 Å². The zero-order valence-corrected chi connectivity index (χ0v) is 12.4. The Balaban J connectivity index is 2.25. The fourth-order valence-corrected chi connectivity index (χ4v) is 2.59. The Morgan fingerprint density at radius 3 is 2.71 bits per heavy atom. The molecule has 2 heterocycles. The zero-order valence-electron chi connectivity index (χ0n) is 12.4. The maximum atomic E-state index is 6.02. The Kier molecular flexibility index (Phi) is 3.25. The summed E-state index contributed by atoms with van der Waals surface area (Å²) in [7, 11) is 1.90. The highest BCUT2D eigenvalue weighted by Gasteiger charge is 2.22. The second-order valence-electron chi connectivity index (χ2n) is 5.10. The van der Waals surface area contributed by atoms with Gasteiger partial charge in [-0.15, -0.1) is 0 Å². The molecule has 0 fully saturated rings. The van der Waals surface area contributed by atoms with E-state index in [4.69, 9.17) is 10.3 Å². The molecule has 0 unspecified atom stereocenters. The number of hydrogen-bond acceptors (Lipinski definition) is 4. The van der Waals surface area contributed by atoms with Gasteiger partial charge in [-0.25, -0.2) is 0 Å². The fourth-order valence-electron chi connectivity index (χ4n) is 2.59. The summed E-state index contributed by atoms with van der Waals surface area (Å²) in [5.74, 6) is 0.338. The minimum Gasteiger partial charge on any atom is -0.367 e. The molecule has 0 spiro atoms. The van der Waals surface area contributed by atoms with E-state index in [1.165, 1.54) is 0 Å². The molecule has 2 N–H and O–H groups in total. The molecular weight excluding hydrogens is 264 g/mol. The minimum atomic E-state index is 0.338. The van der Waals surface area contributed by atoms with Gasteiger partial charge in [0.2, 0.25) is 5.88 Å². The SMILES string of the molecule is CCc1nn(C)cc1-c1noc(N)c1-c1ccccc1C. The van der Waals surface area contributed by atoms with Crippen LogP contribution in [0.15, 0.2) is 35.0 Å². The average molecular weight is 282 g/mol. The molecule has 0 amide bonds. The topological polar surface area (TPSA) is 69.9 Å². The summed E-state index contributed by atoms with van der Waals surface area (Å²) >= 11 is 0. The molecule has 0 radical (unpaired) electrons. The van der Waals surface area contributed by atoms with Gasteiger partial charge in [0, 0.05) is 18.8 Å². The van der Waals surface area contributed by atoms with Crippen molar-refractivity contribution in [2.24, 2.45) is 7.05 Å². The van der Waals surface area contributed by atoms with E-state index in [-0.39, 0.29) is 0 Å². The normalized spacial score (nSPS) is 11.0. The maximum Gasteiger partial charge on any atom is 0.230 e. The van der Waals surface area contributed by atoms with E-state index in [0.717, 1.165) is 40.1 Å². The quantitative estimate of drug-likeness (QED) is 0.801. The van der Waals surface area contributed by atoms with Crippen LogP contribution in [-0.2, 0) is 13.5 Å². The number of aromatic nitrogens is 3. The van der Waals surface area contributed by atoms with Crippen molar-refractivity contribution in [3.05, 3.63) is 41.7 Å². The van der Waals surface area contributed by atoms with Crippen molar-refractivity contribution >= 4 is 5.88 Å². The summed E-state index contributed by atoms with van der Waals surface area (Å²) in [5, 5.41) is 8.64. The summed E-state index contributed by atoms with van der Waals surface area (Å²) in [6, 6.07) is 8.07. The van der Waals surface area contributed by atoms with Crippen LogP contribution in [0.5, 0.6) is 0 Å². The third kappa shape index (κ3) is 2.20. The van der Waals surface area contributed by atoms with Gasteiger partial charge in [0.25, 0.3) is 0 Å². The molecular formula is C16H18N4O. The van der Waals surface area contributed by atoms with E-state index in [2.05, 4.69) is 30.2 Å². The van der Waals surface area contributed by atoms with Crippen LogP contribution in [0.4, 0.5) is 5.88 Å². The van der Waals surface area contributed by atoms with Crippen LogP contribution in [0.3, 0.4) is 0 Å². The van der Waals surface area contributed by atoms with Gasteiger partial charge in [-0.05, 0) is 24.5 Å². The van der Waals surface area contributed by atoms with E-state index < -0.39 is 0 Å². The van der Waals surface area contributed by atoms with Gasteiger partial charge in [0.05, 0.1) is 11.3 Å². The van der Waals surface area contributed by atoms with Crippen molar-refractivity contribution in [2.75, 3.05) is 5.73 Å². The minimum absolute atomic E-state index is 0.338. The number of aryl methyl sites for hydroxylation is 3. The number of rotatable bonds is 3. The lowest BCUT2D eigenvalue weighted by Gasteiger charge is -2.05. The third-order valence-corrected chi connectivity index (χ3v) is 3.63. The van der Waals surface area contributed by atoms with E-state index in [1.807, 2.05) is 31.4 Å². The molecule has 108 valence electrons. The van der Waals surface area contributed by atoms with Crippen LogP contribution in [0.2, 0.25) is 0 Å². The molecule has 21 heavy (non-hydrogen) atoms. The predicted molar refractivity (Wildman–Crippen MR) is 82.7 cm³/mol. The molecule has 0 atom stereocenters. The number of anilines is 1. The Morgan fingerprint density at radius 1 is 1.24 bits per heavy atom. The van der Waals surface area contributed by atoms with Crippen molar-refractivity contribution in [1.82, 2.24) is 14.9 Å². The van der Waals surface area contributed by atoms with Gasteiger partial charge in [-0.3, -0.25) is 4.68 Å². The first-order valence-electron chi connectivity index (χ1n) is 6.95. The number of nitrogens with two attached hydrogens (primary N) is 1. The fraction of sp³-hybridized carbons (Fsp3) is 0.250. The molecule has 5 nitrogen and oxygen atoms in total. The molecule has 0 saturated heterocycles. The summed E-state index contributed by atoms with van der Waals surface area (Å²) in [6.45, 7) is 4.12. The van der Waals surface area contributed by atoms with Crippen LogP contribution in [0.1, 0.15) is 18.2 Å². The van der Waals surface area contributed by atoms with Gasteiger partial charge in [0.15, 0.2) is 0 Å². The van der Waals surface area contributed by atoms with Crippen molar-refractivity contribution in [3.8, 4) is 22.4 Å². The highest BCUT2D eigenvalue weighted by Crippen LogP contribution is 2.38. The second kappa shape index (κ2) is 5.09. The number of nitrogens with zero attached hydrogens (tertiary/aromatic N) is 3. The molecule has 1 aromatic carbocycles. The largest absolute Gasteiger partial charge is 0.367 e. The molecule has 5 heteroatoms. The Labute approximate surface area is 123 Å². The van der Waals surface area contributed by atoms with E-state index in [1.54, 1.807) is 4.68 Å². The molecule has 0 aliphatic heterocycles. The first-order chi connectivity index (χ1) is 10.1. The van der Waals surface area contributed by atoms with Crippen molar-refractivity contribution in [3.63, 3.8) is 0 Å². The van der Waals surface area contributed by atoms with E-state index >= 15 is 0 Å². The van der Waals surface area contributed by atoms with E-state index in [0.29, 0.717) is 5.88 Å². The highest BCUT2D eigenvalue weighted by molar-refractivity contribution is 5.88. The number of hydrogen-bond donors (Lipinski definition) is 1. The van der Waals surface area contributed by atoms with Crippen LogP contribution >= 0.6 is 0 Å². The van der Waals surface area contributed by atoms with Crippen molar-refractivity contribution in [1.29, 1.82) is 0 Å². The van der Waals surface area contributed by atoms with Crippen molar-refractivity contribution in [2.45, 2.75) is 20.3 Å². The van der Waals surface area contributed by atoms with Gasteiger partial charge in [-0.2, -0.15) is 5.10 Å². The monoisotopic (exact) mass is 282 g/mol. The first kappa shape index (κ1) is 13.4. The van der Waals surface area contributed by atoms with Gasteiger partial charge in [-0.1, -0.05) is 36.3 Å². The lowest BCUT2D eigenvalue weighted by atomic mass is 9.97. The molecule has 3 aromatic rings. The number of benzene rings is 1. The van der Waals surface area contributed by atoms with Gasteiger partial charge < -0.3 is 10.3 Å². The van der Waals surface area contributed by atoms with Gasteiger partial charge in [0.1, 0.15) is 5.69 Å². The molecule has 2 aromatic heterocycles. The standard InChI is InChI=1S/C16H18N4O/c1-4-13-12(9-20(3)18-13)15-14(16(17)21-19-15)11-8-6-5-7-10(11)2/h5-9H,4,17H2,1-3H3. The summed E-state index contributed by atoms with van der Waals surface area (Å²) in [5.41, 5.74) is 11.8. The predicted octanol–water partition coefficient (Wildman–Crippen LogP) is 3.20. The molecule has 0 aliphatic carbocycles. The summed E-state index contributed by atoms with van der Waals surface area (Å²) in [6.07, 6.45) is 2.79. The van der Waals surface area contributed by atoms with Crippen molar-refractivity contribution < 1.29 is 4.52 Å².